The van der Waals surface area contributed by atoms with Crippen LogP contribution in [0.25, 0.3) is 0 Å². The summed E-state index contributed by atoms with van der Waals surface area (Å²) in [6, 6.07) is 10.1. The maximum Gasteiger partial charge on any atom is 0.261 e. The van der Waals surface area contributed by atoms with Gasteiger partial charge in [0.25, 0.3) is 10.0 Å². The Balaban J connectivity index is 1.88. The van der Waals surface area contributed by atoms with E-state index in [1.54, 1.807) is 6.07 Å². The molecule has 2 amide bonds. The minimum absolute atomic E-state index is 0.0471. The number of nitrogens with one attached hydrogen (secondary N) is 1. The number of carbonyl (C=O) groups excluding carboxylic acids is 2. The second kappa shape index (κ2) is 7.26. The summed E-state index contributed by atoms with van der Waals surface area (Å²) >= 11 is 12.0. The average molecular weight is 413 g/mol. The van der Waals surface area contributed by atoms with Crippen molar-refractivity contribution in [2.24, 2.45) is 0 Å². The molecular formula is C17H14Cl2N2O4S. The molecule has 0 atom stereocenters. The van der Waals surface area contributed by atoms with E-state index in [-0.39, 0.29) is 32.4 Å². The largest absolute Gasteiger partial charge is 0.277 e. The normalized spacial score (nSPS) is 15.2. The van der Waals surface area contributed by atoms with Crippen molar-refractivity contribution in [3.05, 3.63) is 52.5 Å². The van der Waals surface area contributed by atoms with Crippen molar-refractivity contribution in [1.29, 1.82) is 0 Å². The molecule has 0 bridgehead atoms. The molecule has 1 aliphatic rings. The fraction of sp³-hybridized carbons (Fsp3) is 0.176. The zero-order valence-electron chi connectivity index (χ0n) is 13.4. The van der Waals surface area contributed by atoms with Gasteiger partial charge >= 0.3 is 0 Å². The van der Waals surface area contributed by atoms with Crippen molar-refractivity contribution in [2.45, 2.75) is 24.2 Å². The van der Waals surface area contributed by atoms with Crippen LogP contribution in [-0.2, 0) is 19.6 Å². The molecule has 1 aliphatic heterocycles. The second-order valence-electron chi connectivity index (χ2n) is 5.67. The van der Waals surface area contributed by atoms with Gasteiger partial charge in [-0.1, -0.05) is 29.3 Å². The van der Waals surface area contributed by atoms with Crippen LogP contribution in [0, 0.1) is 0 Å². The van der Waals surface area contributed by atoms with Gasteiger partial charge in [0.15, 0.2) is 0 Å². The summed E-state index contributed by atoms with van der Waals surface area (Å²) in [6.45, 7) is 0. The third-order valence-corrected chi connectivity index (χ3v) is 5.88. The number of nitrogens with zero attached hydrogens (tertiary/aromatic N) is 1. The van der Waals surface area contributed by atoms with Gasteiger partial charge in [-0.3, -0.25) is 19.2 Å². The SMILES string of the molecule is O=C1CCCC(=O)N1c1ccc(S(=O)(=O)Nc2c(Cl)cccc2Cl)cc1. The van der Waals surface area contributed by atoms with Crippen LogP contribution in [0.2, 0.25) is 10.0 Å². The molecule has 1 N–H and O–H groups in total. The summed E-state index contributed by atoms with van der Waals surface area (Å²) in [6.07, 6.45) is 1.11. The van der Waals surface area contributed by atoms with Gasteiger partial charge < -0.3 is 0 Å². The highest BCUT2D eigenvalue weighted by molar-refractivity contribution is 7.92. The fourth-order valence-electron chi connectivity index (χ4n) is 2.60. The van der Waals surface area contributed by atoms with E-state index in [4.69, 9.17) is 23.2 Å². The number of anilines is 2. The van der Waals surface area contributed by atoms with Crippen LogP contribution in [0.3, 0.4) is 0 Å². The minimum Gasteiger partial charge on any atom is -0.277 e. The number of hydrogen-bond acceptors (Lipinski definition) is 4. The zero-order chi connectivity index (χ0) is 18.9. The number of para-hydroxylation sites is 1. The van der Waals surface area contributed by atoms with Gasteiger partial charge in [0.1, 0.15) is 0 Å². The molecule has 26 heavy (non-hydrogen) atoms. The van der Waals surface area contributed by atoms with E-state index < -0.39 is 10.0 Å². The van der Waals surface area contributed by atoms with Crippen LogP contribution in [0.5, 0.6) is 0 Å². The molecule has 1 saturated heterocycles. The molecule has 1 heterocycles. The third-order valence-electron chi connectivity index (χ3n) is 3.88. The van der Waals surface area contributed by atoms with Crippen molar-refractivity contribution in [3.8, 4) is 0 Å². The van der Waals surface area contributed by atoms with Gasteiger partial charge in [0.05, 0.1) is 26.3 Å². The molecule has 6 nitrogen and oxygen atoms in total. The van der Waals surface area contributed by atoms with Gasteiger partial charge in [-0.2, -0.15) is 0 Å². The number of sulfonamides is 1. The quantitative estimate of drug-likeness (QED) is 0.773. The third kappa shape index (κ3) is 3.70. The maximum atomic E-state index is 12.5. The number of rotatable bonds is 4. The summed E-state index contributed by atoms with van der Waals surface area (Å²) < 4.78 is 27.4. The number of amides is 2. The predicted molar refractivity (Wildman–Crippen MR) is 100 cm³/mol. The maximum absolute atomic E-state index is 12.5. The number of halogens is 2. The first-order valence-corrected chi connectivity index (χ1v) is 9.96. The lowest BCUT2D eigenvalue weighted by Gasteiger charge is -2.24. The van der Waals surface area contributed by atoms with Crippen LogP contribution in [-0.4, -0.2) is 20.2 Å². The van der Waals surface area contributed by atoms with Gasteiger partial charge in [0, 0.05) is 12.8 Å². The molecule has 9 heteroatoms. The Morgan fingerprint density at radius 3 is 1.96 bits per heavy atom. The Morgan fingerprint density at radius 2 is 1.42 bits per heavy atom. The topological polar surface area (TPSA) is 83.6 Å². The Morgan fingerprint density at radius 1 is 0.885 bits per heavy atom. The first-order chi connectivity index (χ1) is 12.3. The fourth-order valence-corrected chi connectivity index (χ4v) is 4.31. The summed E-state index contributed by atoms with van der Waals surface area (Å²) in [4.78, 5) is 24.9. The van der Waals surface area contributed by atoms with Gasteiger partial charge in [-0.25, -0.2) is 8.42 Å². The smallest absolute Gasteiger partial charge is 0.261 e. The number of benzene rings is 2. The molecular weight excluding hydrogens is 399 g/mol. The van der Waals surface area contributed by atoms with Crippen LogP contribution < -0.4 is 9.62 Å². The van der Waals surface area contributed by atoms with E-state index in [2.05, 4.69) is 4.72 Å². The highest BCUT2D eigenvalue weighted by Crippen LogP contribution is 2.32. The van der Waals surface area contributed by atoms with Gasteiger partial charge in [-0.15, -0.1) is 0 Å². The van der Waals surface area contributed by atoms with Crippen LogP contribution in [0.4, 0.5) is 11.4 Å². The number of hydrogen-bond donors (Lipinski definition) is 1. The summed E-state index contributed by atoms with van der Waals surface area (Å²) in [7, 11) is -3.94. The standard InChI is InChI=1S/C17H14Cl2N2O4S/c18-13-3-1-4-14(19)17(13)20-26(24,25)12-9-7-11(8-10-12)21-15(22)5-2-6-16(21)23/h1,3-4,7-10,20H,2,5-6H2. The summed E-state index contributed by atoms with van der Waals surface area (Å²) in [5.74, 6) is -0.587. The average Bonchev–Trinajstić information content (AvgIpc) is 2.59. The van der Waals surface area contributed by atoms with E-state index in [0.717, 1.165) is 4.90 Å². The first-order valence-electron chi connectivity index (χ1n) is 7.72. The lowest BCUT2D eigenvalue weighted by atomic mass is 10.1. The van der Waals surface area contributed by atoms with Crippen molar-refractivity contribution >= 4 is 56.4 Å². The van der Waals surface area contributed by atoms with E-state index in [9.17, 15) is 18.0 Å². The van der Waals surface area contributed by atoms with E-state index in [0.29, 0.717) is 24.9 Å². The monoisotopic (exact) mass is 412 g/mol. The Kier molecular flexibility index (Phi) is 5.22. The van der Waals surface area contributed by atoms with Crippen LogP contribution in [0.15, 0.2) is 47.4 Å². The zero-order valence-corrected chi connectivity index (χ0v) is 15.7. The van der Waals surface area contributed by atoms with E-state index in [1.807, 2.05) is 0 Å². The molecule has 0 aromatic heterocycles. The lowest BCUT2D eigenvalue weighted by molar-refractivity contribution is -0.129. The predicted octanol–water partition coefficient (Wildman–Crippen LogP) is 3.84. The molecule has 2 aromatic rings. The Hall–Kier alpha value is -2.09. The molecule has 0 spiro atoms. The molecule has 1 fully saturated rings. The van der Waals surface area contributed by atoms with Gasteiger partial charge in [0.2, 0.25) is 11.8 Å². The Bertz CT molecular complexity index is 939. The minimum atomic E-state index is -3.94. The second-order valence-corrected chi connectivity index (χ2v) is 8.17. The molecule has 2 aromatic carbocycles. The van der Waals surface area contributed by atoms with E-state index in [1.165, 1.54) is 36.4 Å². The molecule has 0 saturated carbocycles. The van der Waals surface area contributed by atoms with Crippen molar-refractivity contribution in [1.82, 2.24) is 0 Å². The van der Waals surface area contributed by atoms with Crippen LogP contribution in [0.1, 0.15) is 19.3 Å². The first kappa shape index (κ1) is 18.7. The summed E-state index contributed by atoms with van der Waals surface area (Å²) in [5, 5.41) is 0.337. The highest BCUT2D eigenvalue weighted by Gasteiger charge is 2.27. The van der Waals surface area contributed by atoms with E-state index >= 15 is 0 Å². The molecule has 0 radical (unpaired) electrons. The molecule has 0 aliphatic carbocycles. The lowest BCUT2D eigenvalue weighted by Crippen LogP contribution is -2.40. The van der Waals surface area contributed by atoms with Crippen LogP contribution >= 0.6 is 23.2 Å². The van der Waals surface area contributed by atoms with Gasteiger partial charge in [-0.05, 0) is 42.8 Å². The Labute approximate surface area is 160 Å². The highest BCUT2D eigenvalue weighted by atomic mass is 35.5. The van der Waals surface area contributed by atoms with Crippen molar-refractivity contribution < 1.29 is 18.0 Å². The number of carbonyl (C=O) groups is 2. The molecule has 136 valence electrons. The number of imide groups is 1. The number of piperidine rings is 1. The van der Waals surface area contributed by atoms with Crippen molar-refractivity contribution in [3.63, 3.8) is 0 Å². The molecule has 0 unspecified atom stereocenters. The molecule has 3 rings (SSSR count). The summed E-state index contributed by atoms with van der Waals surface area (Å²) in [5.41, 5.74) is 0.427. The van der Waals surface area contributed by atoms with Crippen molar-refractivity contribution in [2.75, 3.05) is 9.62 Å².